The van der Waals surface area contributed by atoms with E-state index in [1.807, 2.05) is 0 Å². The predicted molar refractivity (Wildman–Crippen MR) is 138 cm³/mol. The van der Waals surface area contributed by atoms with Gasteiger partial charge in [0.2, 0.25) is 0 Å². The summed E-state index contributed by atoms with van der Waals surface area (Å²) in [6, 6.07) is 26.4. The van der Waals surface area contributed by atoms with Crippen molar-refractivity contribution < 1.29 is 32.0 Å². The van der Waals surface area contributed by atoms with E-state index in [4.69, 9.17) is 0 Å². The Morgan fingerprint density at radius 2 is 0.970 bits per heavy atom. The second-order valence-corrected chi connectivity index (χ2v) is 14.3. The summed E-state index contributed by atoms with van der Waals surface area (Å²) in [7, 11) is -0.730. The van der Waals surface area contributed by atoms with E-state index in [1.54, 1.807) is 29.6 Å². The molecular weight excluding hydrogens is 610 g/mol. The molecule has 0 saturated carbocycles. The molecule has 1 heterocycles. The van der Waals surface area contributed by atoms with E-state index >= 15 is 0 Å². The molecule has 3 aromatic carbocycles. The first-order valence-corrected chi connectivity index (χ1v) is 12.4. The second-order valence-electron chi connectivity index (χ2n) is 10.1. The Hall–Kier alpha value is -2.03. The van der Waals surface area contributed by atoms with Crippen molar-refractivity contribution in [2.24, 2.45) is 0 Å². The summed E-state index contributed by atoms with van der Waals surface area (Å²) in [6.45, 7) is 14.4. The fraction of sp³-hybridized carbons (Fsp3) is 0.286. The molecule has 3 nitrogen and oxygen atoms in total. The second kappa shape index (κ2) is 10.9. The molecule has 0 fully saturated rings. The smallest absolute Gasteiger partial charge is 0.100 e. The molecule has 3 aromatic rings. The normalized spacial score (nSPS) is 12.9. The van der Waals surface area contributed by atoms with Crippen LogP contribution >= 0.6 is 7.92 Å². The minimum absolute atomic E-state index is 0. The number of imide groups is 1. The van der Waals surface area contributed by atoms with Crippen molar-refractivity contribution in [3.8, 4) is 11.1 Å². The Morgan fingerprint density at radius 1 is 0.576 bits per heavy atom. The number of carbonyl (C=O) groups excluding carboxylic acids is 2. The first kappa shape index (κ1) is 27.2. The van der Waals surface area contributed by atoms with E-state index in [2.05, 4.69) is 101 Å². The predicted octanol–water partition coefficient (Wildman–Crippen LogP) is 7.14. The molecule has 4 rings (SSSR count). The van der Waals surface area contributed by atoms with Gasteiger partial charge in [-0.25, -0.2) is 0 Å². The van der Waals surface area contributed by atoms with E-state index in [1.165, 1.54) is 11.1 Å². The van der Waals surface area contributed by atoms with E-state index in [-0.39, 0.29) is 22.4 Å². The summed E-state index contributed by atoms with van der Waals surface area (Å²) in [5.74, 6) is -0.851. The molecule has 0 saturated heterocycles. The molecule has 0 aromatic heterocycles. The number of hydrogen-bond donors (Lipinski definition) is 0. The van der Waals surface area contributed by atoms with Crippen molar-refractivity contribution in [2.75, 3.05) is 0 Å². The third-order valence-electron chi connectivity index (χ3n) is 5.37. The molecule has 2 amide bonds. The number of fused-ring (bicyclic) bond motifs is 1. The maximum atomic E-state index is 10.9. The van der Waals surface area contributed by atoms with Gasteiger partial charge in [0.1, 0.15) is 5.30 Å². The zero-order valence-corrected chi connectivity index (χ0v) is 23.2. The number of benzene rings is 3. The Morgan fingerprint density at radius 3 is 1.42 bits per heavy atom. The Balaban J connectivity index is 0.000000270. The average Bonchev–Trinajstić information content (AvgIpc) is 3.02. The molecule has 0 bridgehead atoms. The summed E-state index contributed by atoms with van der Waals surface area (Å²) in [6.07, 6.45) is 0. The summed E-state index contributed by atoms with van der Waals surface area (Å²) >= 11 is 0. The Kier molecular flexibility index (Phi) is 9.02. The zero-order chi connectivity index (χ0) is 23.5. The van der Waals surface area contributed by atoms with Gasteiger partial charge in [-0.1, -0.05) is 72.8 Å². The van der Waals surface area contributed by atoms with Gasteiger partial charge >= 0.3 is 0 Å². The van der Waals surface area contributed by atoms with Gasteiger partial charge in [-0.2, -0.15) is 0 Å². The van der Waals surface area contributed by atoms with Crippen LogP contribution in [0.3, 0.4) is 0 Å². The van der Waals surface area contributed by atoms with Gasteiger partial charge in [-0.05, 0) is 53.2 Å². The molecule has 1 radical (unpaired) electrons. The van der Waals surface area contributed by atoms with Crippen molar-refractivity contribution in [3.63, 3.8) is 0 Å². The molecule has 0 spiro atoms. The van der Waals surface area contributed by atoms with Crippen LogP contribution in [0.25, 0.3) is 16.4 Å². The molecule has 0 unspecified atom stereocenters. The van der Waals surface area contributed by atoms with Crippen LogP contribution in [0, 0.1) is 0 Å². The Labute approximate surface area is 214 Å². The Bertz CT molecular complexity index is 1070. The van der Waals surface area contributed by atoms with Gasteiger partial charge in [0.15, 0.2) is 0 Å². The van der Waals surface area contributed by atoms with E-state index in [0.717, 1.165) is 0 Å². The average molecular weight is 643 g/mol. The maximum absolute atomic E-state index is 10.9. The first-order valence-electron chi connectivity index (χ1n) is 10.9. The summed E-state index contributed by atoms with van der Waals surface area (Å²) in [5.41, 5.74) is 3.58. The minimum Gasteiger partial charge on any atom is -0.587 e. The van der Waals surface area contributed by atoms with E-state index < -0.39 is 19.7 Å². The van der Waals surface area contributed by atoms with Crippen molar-refractivity contribution in [3.05, 3.63) is 95.3 Å². The van der Waals surface area contributed by atoms with Crippen LogP contribution in [-0.4, -0.2) is 22.1 Å². The molecule has 5 heteroatoms. The van der Waals surface area contributed by atoms with Gasteiger partial charge in [0.05, 0.1) is 22.1 Å². The van der Waals surface area contributed by atoms with Gasteiger partial charge in [-0.3, -0.25) is 0 Å². The van der Waals surface area contributed by atoms with Crippen LogP contribution in [0.4, 0.5) is 0 Å². The van der Waals surface area contributed by atoms with E-state index in [9.17, 15) is 9.59 Å². The monoisotopic (exact) mass is 642 g/mol. The fourth-order valence-electron chi connectivity index (χ4n) is 4.57. The van der Waals surface area contributed by atoms with Gasteiger partial charge in [0, 0.05) is 47.0 Å². The zero-order valence-electron chi connectivity index (χ0n) is 20.1. The molecule has 1 aliphatic rings. The third-order valence-corrected chi connectivity index (χ3v) is 9.35. The van der Waals surface area contributed by atoms with Crippen LogP contribution in [-0.2, 0) is 22.4 Å². The molecule has 33 heavy (non-hydrogen) atoms. The maximum Gasteiger partial charge on any atom is 0.100 e. The SMILES string of the molecule is CC(C)(C)[PH+](c1ccccc1-c1ccccc1)C(C)(C)C.O=C1[N-]C(=O)c2ccccc21.[Au]. The van der Waals surface area contributed by atoms with Gasteiger partial charge in [-0.15, -0.1) is 0 Å². The third kappa shape index (κ3) is 6.52. The van der Waals surface area contributed by atoms with E-state index in [0.29, 0.717) is 21.4 Å². The molecule has 0 aliphatic carbocycles. The number of rotatable bonds is 2. The van der Waals surface area contributed by atoms with Crippen LogP contribution in [0.2, 0.25) is 0 Å². The van der Waals surface area contributed by atoms with Crippen LogP contribution in [0.1, 0.15) is 62.3 Å². The largest absolute Gasteiger partial charge is 0.587 e. The quantitative estimate of drug-likeness (QED) is 0.170. The van der Waals surface area contributed by atoms with Gasteiger partial charge < -0.3 is 14.9 Å². The first-order chi connectivity index (χ1) is 15.0. The molecule has 1 aliphatic heterocycles. The van der Waals surface area contributed by atoms with Gasteiger partial charge in [0.25, 0.3) is 0 Å². The summed E-state index contributed by atoms with van der Waals surface area (Å²) < 4.78 is 0. The van der Waals surface area contributed by atoms with Crippen LogP contribution in [0.15, 0.2) is 78.9 Å². The van der Waals surface area contributed by atoms with Crippen molar-refractivity contribution in [1.82, 2.24) is 0 Å². The molecule has 0 N–H and O–H groups in total. The number of amides is 2. The fourth-order valence-corrected chi connectivity index (χ4v) is 9.20. The number of hydrogen-bond acceptors (Lipinski definition) is 2. The topological polar surface area (TPSA) is 48.2 Å². The van der Waals surface area contributed by atoms with Crippen LogP contribution in [0.5, 0.6) is 0 Å². The minimum atomic E-state index is -0.730. The molecular formula is C28H32AuNO2P. The van der Waals surface area contributed by atoms with Crippen molar-refractivity contribution in [2.45, 2.75) is 51.9 Å². The number of nitrogens with zero attached hydrogens (tertiary/aromatic N) is 1. The molecule has 177 valence electrons. The van der Waals surface area contributed by atoms with Crippen molar-refractivity contribution >= 4 is 25.0 Å². The summed E-state index contributed by atoms with van der Waals surface area (Å²) in [4.78, 5) is 21.8. The standard InChI is InChI=1S/C20H27P.C8H5NO2.Au/c1-19(2,3)21(20(4,5)6)18-15-11-10-14-17(18)16-12-8-7-9-13-16;10-7-5-3-1-2-4-6(5)8(11)9-7;/h7-15H,1-6H3;1-4H,(H,9,10,11);. The molecule has 0 atom stereocenters. The van der Waals surface area contributed by atoms with Crippen molar-refractivity contribution in [1.29, 1.82) is 0 Å². The van der Waals surface area contributed by atoms with Crippen LogP contribution < -0.4 is 5.30 Å². The number of carbonyl (C=O) groups is 2. The summed E-state index contributed by atoms with van der Waals surface area (Å²) in [5, 5.41) is 5.50.